The summed E-state index contributed by atoms with van der Waals surface area (Å²) in [5, 5.41) is 12.7. The molecule has 1 unspecified atom stereocenters. The summed E-state index contributed by atoms with van der Waals surface area (Å²) >= 11 is 0. The van der Waals surface area contributed by atoms with Crippen molar-refractivity contribution in [2.75, 3.05) is 20.3 Å². The standard InChI is InChI=1S/C14H23NO3/c1-11(2)17-9-13(16)10-18-14-6-4-12(5-7-14)8-15-3/h4-7,11,13,15-16H,8-10H2,1-3H3. The summed E-state index contributed by atoms with van der Waals surface area (Å²) in [6.07, 6.45) is -0.468. The molecule has 0 aliphatic heterocycles. The van der Waals surface area contributed by atoms with E-state index in [2.05, 4.69) is 5.32 Å². The number of aliphatic hydroxyl groups excluding tert-OH is 1. The van der Waals surface area contributed by atoms with Gasteiger partial charge in [0.2, 0.25) is 0 Å². The summed E-state index contributed by atoms with van der Waals surface area (Å²) in [4.78, 5) is 0. The van der Waals surface area contributed by atoms with Crippen molar-refractivity contribution in [3.8, 4) is 5.75 Å². The molecule has 0 aliphatic rings. The smallest absolute Gasteiger partial charge is 0.119 e. The molecule has 0 spiro atoms. The van der Waals surface area contributed by atoms with Gasteiger partial charge in [-0.25, -0.2) is 0 Å². The number of rotatable bonds is 8. The van der Waals surface area contributed by atoms with Crippen molar-refractivity contribution in [1.82, 2.24) is 5.32 Å². The van der Waals surface area contributed by atoms with E-state index < -0.39 is 6.10 Å². The van der Waals surface area contributed by atoms with Crippen molar-refractivity contribution in [1.29, 1.82) is 0 Å². The van der Waals surface area contributed by atoms with E-state index in [0.717, 1.165) is 12.3 Å². The van der Waals surface area contributed by atoms with Gasteiger partial charge in [-0.1, -0.05) is 12.1 Å². The lowest BCUT2D eigenvalue weighted by atomic mass is 10.2. The van der Waals surface area contributed by atoms with Gasteiger partial charge < -0.3 is 19.9 Å². The van der Waals surface area contributed by atoms with E-state index in [4.69, 9.17) is 9.47 Å². The summed E-state index contributed by atoms with van der Waals surface area (Å²) < 4.78 is 10.8. The number of ether oxygens (including phenoxy) is 2. The van der Waals surface area contributed by atoms with E-state index in [-0.39, 0.29) is 12.7 Å². The summed E-state index contributed by atoms with van der Waals surface area (Å²) in [5.41, 5.74) is 1.20. The van der Waals surface area contributed by atoms with Gasteiger partial charge in [0, 0.05) is 6.54 Å². The number of aliphatic hydroxyl groups is 1. The monoisotopic (exact) mass is 253 g/mol. The molecule has 1 aromatic rings. The second-order valence-corrected chi connectivity index (χ2v) is 4.52. The van der Waals surface area contributed by atoms with E-state index in [1.807, 2.05) is 45.2 Å². The van der Waals surface area contributed by atoms with Crippen LogP contribution in [0.25, 0.3) is 0 Å². The lowest BCUT2D eigenvalue weighted by Crippen LogP contribution is -2.25. The number of hydrogen-bond donors (Lipinski definition) is 2. The molecule has 0 aromatic heterocycles. The van der Waals surface area contributed by atoms with Crippen LogP contribution in [-0.4, -0.2) is 37.6 Å². The second kappa shape index (κ2) is 8.08. The van der Waals surface area contributed by atoms with Crippen LogP contribution < -0.4 is 10.1 Å². The molecule has 0 aliphatic carbocycles. The van der Waals surface area contributed by atoms with Crippen molar-refractivity contribution in [3.05, 3.63) is 29.8 Å². The van der Waals surface area contributed by atoms with Crippen LogP contribution in [0.1, 0.15) is 19.4 Å². The molecule has 4 heteroatoms. The molecule has 1 rings (SSSR count). The van der Waals surface area contributed by atoms with Gasteiger partial charge in [0.15, 0.2) is 0 Å². The van der Waals surface area contributed by atoms with E-state index in [9.17, 15) is 5.11 Å². The van der Waals surface area contributed by atoms with Gasteiger partial charge in [0.05, 0.1) is 12.7 Å². The first-order valence-electron chi connectivity index (χ1n) is 6.28. The Kier molecular flexibility index (Phi) is 6.72. The zero-order valence-corrected chi connectivity index (χ0v) is 11.3. The molecule has 0 saturated carbocycles. The Labute approximate surface area is 109 Å². The van der Waals surface area contributed by atoms with E-state index in [0.29, 0.717) is 6.61 Å². The normalized spacial score (nSPS) is 12.7. The van der Waals surface area contributed by atoms with E-state index in [1.165, 1.54) is 5.56 Å². The average molecular weight is 253 g/mol. The van der Waals surface area contributed by atoms with Crippen LogP contribution in [0.15, 0.2) is 24.3 Å². The number of hydrogen-bond acceptors (Lipinski definition) is 4. The fourth-order valence-corrected chi connectivity index (χ4v) is 1.45. The van der Waals surface area contributed by atoms with Crippen LogP contribution in [0.5, 0.6) is 5.75 Å². The SMILES string of the molecule is CNCc1ccc(OCC(O)COC(C)C)cc1. The lowest BCUT2D eigenvalue weighted by molar-refractivity contribution is -0.0122. The first kappa shape index (κ1) is 15.0. The third-order valence-corrected chi connectivity index (χ3v) is 2.37. The molecular formula is C14H23NO3. The maximum Gasteiger partial charge on any atom is 0.119 e. The number of nitrogens with one attached hydrogen (secondary N) is 1. The van der Waals surface area contributed by atoms with E-state index >= 15 is 0 Å². The molecular weight excluding hydrogens is 230 g/mol. The molecule has 0 heterocycles. The van der Waals surface area contributed by atoms with Crippen molar-refractivity contribution in [2.24, 2.45) is 0 Å². The molecule has 0 radical (unpaired) electrons. The van der Waals surface area contributed by atoms with Gasteiger partial charge in [-0.15, -0.1) is 0 Å². The second-order valence-electron chi connectivity index (χ2n) is 4.52. The zero-order valence-electron chi connectivity index (χ0n) is 11.3. The fourth-order valence-electron chi connectivity index (χ4n) is 1.45. The first-order valence-corrected chi connectivity index (χ1v) is 6.28. The largest absolute Gasteiger partial charge is 0.491 e. The maximum absolute atomic E-state index is 9.64. The molecule has 0 bridgehead atoms. The fraction of sp³-hybridized carbons (Fsp3) is 0.571. The highest BCUT2D eigenvalue weighted by Gasteiger charge is 2.06. The zero-order chi connectivity index (χ0) is 13.4. The highest BCUT2D eigenvalue weighted by molar-refractivity contribution is 5.27. The van der Waals surface area contributed by atoms with Crippen molar-refractivity contribution >= 4 is 0 Å². The van der Waals surface area contributed by atoms with Crippen LogP contribution >= 0.6 is 0 Å². The quantitative estimate of drug-likeness (QED) is 0.738. The summed E-state index contributed by atoms with van der Waals surface area (Å²) in [5.74, 6) is 0.762. The van der Waals surface area contributed by atoms with Gasteiger partial charge in [0.1, 0.15) is 18.5 Å². The minimum Gasteiger partial charge on any atom is -0.491 e. The average Bonchev–Trinajstić information content (AvgIpc) is 2.36. The number of benzene rings is 1. The van der Waals surface area contributed by atoms with Crippen LogP contribution in [0.3, 0.4) is 0 Å². The lowest BCUT2D eigenvalue weighted by Gasteiger charge is -2.14. The van der Waals surface area contributed by atoms with E-state index in [1.54, 1.807) is 0 Å². The summed E-state index contributed by atoms with van der Waals surface area (Å²) in [6.45, 7) is 5.26. The molecule has 0 fully saturated rings. The molecule has 18 heavy (non-hydrogen) atoms. The van der Waals surface area contributed by atoms with Crippen LogP contribution in [0.2, 0.25) is 0 Å². The minimum absolute atomic E-state index is 0.125. The molecule has 1 atom stereocenters. The molecule has 4 nitrogen and oxygen atoms in total. The topological polar surface area (TPSA) is 50.7 Å². The van der Waals surface area contributed by atoms with Crippen LogP contribution in [0.4, 0.5) is 0 Å². The highest BCUT2D eigenvalue weighted by atomic mass is 16.5. The molecule has 102 valence electrons. The maximum atomic E-state index is 9.64. The molecule has 0 saturated heterocycles. The first-order chi connectivity index (χ1) is 8.61. The predicted molar refractivity (Wildman–Crippen MR) is 71.8 cm³/mol. The van der Waals surface area contributed by atoms with Crippen LogP contribution in [-0.2, 0) is 11.3 Å². The van der Waals surface area contributed by atoms with Gasteiger partial charge in [0.25, 0.3) is 0 Å². The van der Waals surface area contributed by atoms with Gasteiger partial charge in [-0.3, -0.25) is 0 Å². The third kappa shape index (κ3) is 6.00. The highest BCUT2D eigenvalue weighted by Crippen LogP contribution is 2.12. The Morgan fingerprint density at radius 2 is 1.83 bits per heavy atom. The molecule has 1 aromatic carbocycles. The predicted octanol–water partition coefficient (Wildman–Crippen LogP) is 1.57. The summed E-state index contributed by atoms with van der Waals surface area (Å²) in [7, 11) is 1.91. The van der Waals surface area contributed by atoms with Crippen molar-refractivity contribution in [2.45, 2.75) is 32.6 Å². The van der Waals surface area contributed by atoms with Gasteiger partial charge in [-0.05, 0) is 38.6 Å². The Bertz CT molecular complexity index is 324. The summed E-state index contributed by atoms with van der Waals surface area (Å²) in [6, 6.07) is 7.82. The van der Waals surface area contributed by atoms with Gasteiger partial charge >= 0.3 is 0 Å². The molecule has 2 N–H and O–H groups in total. The minimum atomic E-state index is -0.593. The van der Waals surface area contributed by atoms with Crippen molar-refractivity contribution in [3.63, 3.8) is 0 Å². The van der Waals surface area contributed by atoms with Crippen molar-refractivity contribution < 1.29 is 14.6 Å². The Hall–Kier alpha value is -1.10. The third-order valence-electron chi connectivity index (χ3n) is 2.37. The Morgan fingerprint density at radius 1 is 1.17 bits per heavy atom. The Balaban J connectivity index is 2.29. The molecule has 0 amide bonds. The Morgan fingerprint density at radius 3 is 2.39 bits per heavy atom. The van der Waals surface area contributed by atoms with Gasteiger partial charge in [-0.2, -0.15) is 0 Å². The van der Waals surface area contributed by atoms with Crippen LogP contribution in [0, 0.1) is 0 Å².